The Labute approximate surface area is 245 Å². The van der Waals surface area contributed by atoms with Gasteiger partial charge in [0, 0.05) is 41.3 Å². The van der Waals surface area contributed by atoms with E-state index in [9.17, 15) is 14.0 Å². The molecule has 0 spiro atoms. The maximum atomic E-state index is 13.8. The summed E-state index contributed by atoms with van der Waals surface area (Å²) >= 11 is 1.57. The van der Waals surface area contributed by atoms with E-state index in [2.05, 4.69) is 24.0 Å². The predicted molar refractivity (Wildman–Crippen MR) is 168 cm³/mol. The Morgan fingerprint density at radius 1 is 0.854 bits per heavy atom. The number of aryl methyl sites for hydroxylation is 1. The molecular weight excluding hydrogens is 533 g/mol. The van der Waals surface area contributed by atoms with Gasteiger partial charge in [0.25, 0.3) is 11.8 Å². The molecule has 4 aromatic rings. The molecular formula is C34H34FN3O2S. The number of carbonyl (C=O) groups excluding carboxylic acids is 2. The van der Waals surface area contributed by atoms with E-state index in [0.29, 0.717) is 35.7 Å². The van der Waals surface area contributed by atoms with E-state index >= 15 is 0 Å². The number of hydrogen-bond acceptors (Lipinski definition) is 4. The van der Waals surface area contributed by atoms with Crippen LogP contribution in [0.5, 0.6) is 0 Å². The number of hydrogen-bond donors (Lipinski definition) is 1. The SMILES string of the molecule is C=C(SCc1ccccc1)N(c1ccc(F)cc1)c1cc(C(=O)Nc2ccc(C(=O)N(CC)CC)cc2)ccc1C. The second-order valence-electron chi connectivity index (χ2n) is 9.49. The van der Waals surface area contributed by atoms with Gasteiger partial charge in [0.05, 0.1) is 10.7 Å². The molecule has 0 bridgehead atoms. The number of thioether (sulfide) groups is 1. The molecule has 0 aliphatic carbocycles. The summed E-state index contributed by atoms with van der Waals surface area (Å²) in [6, 6.07) is 28.7. The van der Waals surface area contributed by atoms with E-state index in [1.165, 1.54) is 12.1 Å². The summed E-state index contributed by atoms with van der Waals surface area (Å²) in [5.41, 5.74) is 5.24. The molecule has 0 aliphatic rings. The van der Waals surface area contributed by atoms with Crippen molar-refractivity contribution in [1.29, 1.82) is 0 Å². The smallest absolute Gasteiger partial charge is 0.255 e. The van der Waals surface area contributed by atoms with Gasteiger partial charge in [-0.25, -0.2) is 4.39 Å². The van der Waals surface area contributed by atoms with Crippen LogP contribution in [-0.4, -0.2) is 29.8 Å². The molecule has 2 amide bonds. The molecule has 0 aromatic heterocycles. The number of anilines is 3. The number of rotatable bonds is 11. The zero-order valence-corrected chi connectivity index (χ0v) is 24.4. The molecule has 0 saturated heterocycles. The molecule has 210 valence electrons. The van der Waals surface area contributed by atoms with Crippen LogP contribution in [0.1, 0.15) is 45.7 Å². The number of amides is 2. The Morgan fingerprint density at radius 2 is 1.49 bits per heavy atom. The highest BCUT2D eigenvalue weighted by molar-refractivity contribution is 8.02. The van der Waals surface area contributed by atoms with E-state index < -0.39 is 0 Å². The summed E-state index contributed by atoms with van der Waals surface area (Å²) in [6.45, 7) is 11.5. The van der Waals surface area contributed by atoms with Crippen molar-refractivity contribution in [3.63, 3.8) is 0 Å². The van der Waals surface area contributed by atoms with Crippen molar-refractivity contribution < 1.29 is 14.0 Å². The molecule has 0 atom stereocenters. The second kappa shape index (κ2) is 13.8. The lowest BCUT2D eigenvalue weighted by atomic mass is 10.1. The first-order chi connectivity index (χ1) is 19.8. The highest BCUT2D eigenvalue weighted by atomic mass is 32.2. The number of halogens is 1. The maximum absolute atomic E-state index is 13.8. The molecule has 0 radical (unpaired) electrons. The van der Waals surface area contributed by atoms with E-state index in [1.807, 2.05) is 56.0 Å². The quantitative estimate of drug-likeness (QED) is 0.198. The lowest BCUT2D eigenvalue weighted by Gasteiger charge is -2.28. The number of nitrogens with zero attached hydrogens (tertiary/aromatic N) is 2. The Bertz CT molecular complexity index is 1500. The van der Waals surface area contributed by atoms with Gasteiger partial charge in [-0.2, -0.15) is 0 Å². The van der Waals surface area contributed by atoms with E-state index in [4.69, 9.17) is 0 Å². The van der Waals surface area contributed by atoms with Crippen LogP contribution in [0, 0.1) is 12.7 Å². The average Bonchev–Trinajstić information content (AvgIpc) is 2.99. The van der Waals surface area contributed by atoms with Crippen LogP contribution in [0.3, 0.4) is 0 Å². The summed E-state index contributed by atoms with van der Waals surface area (Å²) < 4.78 is 13.8. The molecule has 5 nitrogen and oxygen atoms in total. The largest absolute Gasteiger partial charge is 0.339 e. The number of benzene rings is 4. The van der Waals surface area contributed by atoms with Crippen LogP contribution in [-0.2, 0) is 5.75 Å². The maximum Gasteiger partial charge on any atom is 0.255 e. The van der Waals surface area contributed by atoms with Crippen molar-refractivity contribution in [3.05, 3.63) is 137 Å². The lowest BCUT2D eigenvalue weighted by Crippen LogP contribution is -2.30. The van der Waals surface area contributed by atoms with Crippen LogP contribution in [0.2, 0.25) is 0 Å². The highest BCUT2D eigenvalue weighted by Gasteiger charge is 2.19. The van der Waals surface area contributed by atoms with Crippen molar-refractivity contribution in [2.24, 2.45) is 0 Å². The normalized spacial score (nSPS) is 10.6. The van der Waals surface area contributed by atoms with Gasteiger partial charge in [0.2, 0.25) is 0 Å². The fourth-order valence-electron chi connectivity index (χ4n) is 4.40. The van der Waals surface area contributed by atoms with Crippen LogP contribution < -0.4 is 10.2 Å². The first-order valence-electron chi connectivity index (χ1n) is 13.5. The van der Waals surface area contributed by atoms with Crippen LogP contribution in [0.25, 0.3) is 0 Å². The third kappa shape index (κ3) is 7.44. The van der Waals surface area contributed by atoms with Crippen LogP contribution >= 0.6 is 11.8 Å². The fraction of sp³-hybridized carbons (Fsp3) is 0.176. The zero-order chi connectivity index (χ0) is 29.4. The Morgan fingerprint density at radius 3 is 2.12 bits per heavy atom. The van der Waals surface area contributed by atoms with E-state index in [1.54, 1.807) is 59.1 Å². The van der Waals surface area contributed by atoms with Gasteiger partial charge in [-0.15, -0.1) is 11.8 Å². The number of carbonyl (C=O) groups is 2. The van der Waals surface area contributed by atoms with Crippen molar-refractivity contribution >= 4 is 40.6 Å². The summed E-state index contributed by atoms with van der Waals surface area (Å²) in [4.78, 5) is 29.6. The first kappa shape index (κ1) is 29.6. The molecule has 0 fully saturated rings. The Hall–Kier alpha value is -4.36. The van der Waals surface area contributed by atoms with Gasteiger partial charge in [-0.1, -0.05) is 43.0 Å². The standard InChI is InChI=1S/C34H34FN3O2S/c1-5-37(6-2)34(40)27-14-18-30(19-15-27)36-33(39)28-13-12-24(3)32(22-28)38(31-20-16-29(35)17-21-31)25(4)41-23-26-10-8-7-9-11-26/h7-22H,4-6,23H2,1-3H3,(H,36,39). The van der Waals surface area contributed by atoms with Gasteiger partial charge in [-0.05, 0) is 92.6 Å². The van der Waals surface area contributed by atoms with Crippen molar-refractivity contribution in [2.45, 2.75) is 26.5 Å². The molecule has 0 saturated carbocycles. The summed E-state index contributed by atoms with van der Waals surface area (Å²) in [6.07, 6.45) is 0. The molecule has 0 heterocycles. The predicted octanol–water partition coefficient (Wildman–Crippen LogP) is 8.41. The lowest BCUT2D eigenvalue weighted by molar-refractivity contribution is 0.0773. The Kier molecular flexibility index (Phi) is 9.98. The monoisotopic (exact) mass is 567 g/mol. The highest BCUT2D eigenvalue weighted by Crippen LogP contribution is 2.37. The van der Waals surface area contributed by atoms with Gasteiger partial charge in [0.1, 0.15) is 5.82 Å². The fourth-order valence-corrected chi connectivity index (χ4v) is 5.26. The van der Waals surface area contributed by atoms with Gasteiger partial charge >= 0.3 is 0 Å². The second-order valence-corrected chi connectivity index (χ2v) is 10.5. The zero-order valence-electron chi connectivity index (χ0n) is 23.6. The minimum atomic E-state index is -0.328. The average molecular weight is 568 g/mol. The van der Waals surface area contributed by atoms with Crippen molar-refractivity contribution in [2.75, 3.05) is 23.3 Å². The summed E-state index contributed by atoms with van der Waals surface area (Å²) in [7, 11) is 0. The third-order valence-electron chi connectivity index (χ3n) is 6.74. The van der Waals surface area contributed by atoms with Gasteiger partial charge < -0.3 is 15.1 Å². The van der Waals surface area contributed by atoms with E-state index in [0.717, 1.165) is 27.5 Å². The van der Waals surface area contributed by atoms with Gasteiger partial charge in [-0.3, -0.25) is 9.59 Å². The van der Waals surface area contributed by atoms with Crippen molar-refractivity contribution in [1.82, 2.24) is 4.90 Å². The minimum Gasteiger partial charge on any atom is -0.339 e. The van der Waals surface area contributed by atoms with Crippen LogP contribution in [0.15, 0.2) is 109 Å². The molecule has 7 heteroatoms. The first-order valence-corrected chi connectivity index (χ1v) is 14.5. The molecule has 4 rings (SSSR count). The Balaban J connectivity index is 1.58. The molecule has 41 heavy (non-hydrogen) atoms. The molecule has 1 N–H and O–H groups in total. The molecule has 0 unspecified atom stereocenters. The molecule has 0 aliphatic heterocycles. The topological polar surface area (TPSA) is 52.7 Å². The third-order valence-corrected chi connectivity index (χ3v) is 7.73. The van der Waals surface area contributed by atoms with Crippen molar-refractivity contribution in [3.8, 4) is 0 Å². The van der Waals surface area contributed by atoms with E-state index in [-0.39, 0.29) is 17.6 Å². The summed E-state index contributed by atoms with van der Waals surface area (Å²) in [5, 5.41) is 3.68. The summed E-state index contributed by atoms with van der Waals surface area (Å²) in [5.74, 6) is 0.0625. The van der Waals surface area contributed by atoms with Crippen LogP contribution in [0.4, 0.5) is 21.5 Å². The van der Waals surface area contributed by atoms with Gasteiger partial charge in [0.15, 0.2) is 0 Å². The minimum absolute atomic E-state index is 0.0395. The number of nitrogens with one attached hydrogen (secondary N) is 1. The molecule has 4 aromatic carbocycles.